The zero-order chi connectivity index (χ0) is 14.2. The Labute approximate surface area is 113 Å². The van der Waals surface area contributed by atoms with Crippen molar-refractivity contribution in [3.05, 3.63) is 35.1 Å². The second-order valence-corrected chi connectivity index (χ2v) is 5.94. The minimum absolute atomic E-state index is 0.158. The molecule has 0 spiro atoms. The van der Waals surface area contributed by atoms with Crippen molar-refractivity contribution in [2.45, 2.75) is 45.8 Å². The Morgan fingerprint density at radius 1 is 1.42 bits per heavy atom. The maximum atomic E-state index is 13.3. The Kier molecular flexibility index (Phi) is 3.52. The van der Waals surface area contributed by atoms with Gasteiger partial charge >= 0.3 is 6.09 Å². The van der Waals surface area contributed by atoms with E-state index in [4.69, 9.17) is 4.74 Å². The fraction of sp³-hybridized carbons (Fsp3) is 0.533. The average Bonchev–Trinajstić information content (AvgIpc) is 2.28. The lowest BCUT2D eigenvalue weighted by atomic mass is 9.94. The van der Waals surface area contributed by atoms with Crippen molar-refractivity contribution in [2.24, 2.45) is 0 Å². The summed E-state index contributed by atoms with van der Waals surface area (Å²) in [7, 11) is 0. The molecule has 104 valence electrons. The molecular weight excluding hydrogens is 245 g/mol. The van der Waals surface area contributed by atoms with E-state index in [1.807, 2.05) is 27.7 Å². The van der Waals surface area contributed by atoms with Crippen LogP contribution in [-0.2, 0) is 11.2 Å². The van der Waals surface area contributed by atoms with E-state index in [1.165, 1.54) is 12.1 Å². The highest BCUT2D eigenvalue weighted by Crippen LogP contribution is 2.31. The van der Waals surface area contributed by atoms with Gasteiger partial charge in [-0.25, -0.2) is 9.18 Å². The van der Waals surface area contributed by atoms with Gasteiger partial charge < -0.3 is 9.64 Å². The van der Waals surface area contributed by atoms with Crippen molar-refractivity contribution in [3.63, 3.8) is 0 Å². The molecule has 4 heteroatoms. The summed E-state index contributed by atoms with van der Waals surface area (Å²) in [6.07, 6.45) is 0.397. The standard InChI is InChI=1S/C15H20FNO2/c1-10-13-9-12(16)6-5-11(13)7-8-17(10)14(18)19-15(2,3)4/h5-6,9-10H,7-8H2,1-4H3/t10-/m0/s1. The third-order valence-corrected chi connectivity index (χ3v) is 3.28. The summed E-state index contributed by atoms with van der Waals surface area (Å²) in [4.78, 5) is 13.8. The summed E-state index contributed by atoms with van der Waals surface area (Å²) in [5, 5.41) is 0. The summed E-state index contributed by atoms with van der Waals surface area (Å²) >= 11 is 0. The van der Waals surface area contributed by atoms with Gasteiger partial charge in [0.25, 0.3) is 0 Å². The summed E-state index contributed by atoms with van der Waals surface area (Å²) < 4.78 is 18.7. The topological polar surface area (TPSA) is 29.5 Å². The molecular formula is C15H20FNO2. The molecule has 0 bridgehead atoms. The number of fused-ring (bicyclic) bond motifs is 1. The lowest BCUT2D eigenvalue weighted by molar-refractivity contribution is 0.0159. The molecule has 19 heavy (non-hydrogen) atoms. The van der Waals surface area contributed by atoms with Crippen molar-refractivity contribution in [2.75, 3.05) is 6.54 Å². The smallest absolute Gasteiger partial charge is 0.410 e. The van der Waals surface area contributed by atoms with Crippen molar-refractivity contribution in [1.29, 1.82) is 0 Å². The lowest BCUT2D eigenvalue weighted by Gasteiger charge is -2.36. The minimum Gasteiger partial charge on any atom is -0.444 e. The molecule has 0 N–H and O–H groups in total. The van der Waals surface area contributed by atoms with Gasteiger partial charge in [-0.1, -0.05) is 6.07 Å². The summed E-state index contributed by atoms with van der Waals surface area (Å²) in [6.45, 7) is 8.03. The van der Waals surface area contributed by atoms with Crippen molar-refractivity contribution in [3.8, 4) is 0 Å². The SMILES string of the molecule is C[C@H]1c2cc(F)ccc2CCN1C(=O)OC(C)(C)C. The van der Waals surface area contributed by atoms with E-state index in [1.54, 1.807) is 11.0 Å². The second kappa shape index (κ2) is 4.83. The maximum Gasteiger partial charge on any atom is 0.410 e. The number of halogens is 1. The molecule has 0 aromatic heterocycles. The predicted molar refractivity (Wildman–Crippen MR) is 71.5 cm³/mol. The van der Waals surface area contributed by atoms with Gasteiger partial charge in [-0.15, -0.1) is 0 Å². The minimum atomic E-state index is -0.515. The molecule has 0 saturated carbocycles. The Morgan fingerprint density at radius 3 is 2.74 bits per heavy atom. The molecule has 0 aliphatic carbocycles. The van der Waals surface area contributed by atoms with Crippen LogP contribution in [-0.4, -0.2) is 23.1 Å². The van der Waals surface area contributed by atoms with Gasteiger partial charge in [-0.05, 0) is 57.4 Å². The van der Waals surface area contributed by atoms with Crippen molar-refractivity contribution >= 4 is 6.09 Å². The highest BCUT2D eigenvalue weighted by Gasteiger charge is 2.31. The van der Waals surface area contributed by atoms with E-state index in [0.717, 1.165) is 17.5 Å². The first kappa shape index (κ1) is 13.8. The number of hydrogen-bond acceptors (Lipinski definition) is 2. The number of hydrogen-bond donors (Lipinski definition) is 0. The number of amides is 1. The van der Waals surface area contributed by atoms with Crippen molar-refractivity contribution in [1.82, 2.24) is 4.90 Å². The molecule has 0 unspecified atom stereocenters. The quantitative estimate of drug-likeness (QED) is 0.716. The number of benzene rings is 1. The van der Waals surface area contributed by atoms with Gasteiger partial charge in [-0.2, -0.15) is 0 Å². The van der Waals surface area contributed by atoms with Crippen LogP contribution in [0.2, 0.25) is 0 Å². The first-order chi connectivity index (χ1) is 8.78. The molecule has 1 aliphatic heterocycles. The summed E-state index contributed by atoms with van der Waals surface area (Å²) in [5.41, 5.74) is 1.46. The van der Waals surface area contributed by atoms with E-state index in [2.05, 4.69) is 0 Å². The zero-order valence-corrected chi connectivity index (χ0v) is 11.9. The van der Waals surface area contributed by atoms with E-state index in [9.17, 15) is 9.18 Å². The van der Waals surface area contributed by atoms with Crippen LogP contribution >= 0.6 is 0 Å². The zero-order valence-electron chi connectivity index (χ0n) is 11.9. The van der Waals surface area contributed by atoms with Crippen LogP contribution in [0.1, 0.15) is 44.9 Å². The van der Waals surface area contributed by atoms with Gasteiger partial charge in [0, 0.05) is 6.54 Å². The second-order valence-electron chi connectivity index (χ2n) is 5.94. The fourth-order valence-corrected chi connectivity index (χ4v) is 2.35. The molecule has 1 atom stereocenters. The van der Waals surface area contributed by atoms with Crippen LogP contribution in [0.3, 0.4) is 0 Å². The highest BCUT2D eigenvalue weighted by molar-refractivity contribution is 5.69. The molecule has 1 aromatic rings. The monoisotopic (exact) mass is 265 g/mol. The third-order valence-electron chi connectivity index (χ3n) is 3.28. The molecule has 2 rings (SSSR count). The van der Waals surface area contributed by atoms with Crippen LogP contribution in [0.5, 0.6) is 0 Å². The van der Waals surface area contributed by atoms with Crippen LogP contribution in [0, 0.1) is 5.82 Å². The van der Waals surface area contributed by atoms with E-state index >= 15 is 0 Å². The molecule has 1 heterocycles. The summed E-state index contributed by atoms with van der Waals surface area (Å²) in [6, 6.07) is 4.62. The molecule has 1 aromatic carbocycles. The first-order valence-corrected chi connectivity index (χ1v) is 6.56. The number of rotatable bonds is 0. The number of carbonyl (C=O) groups is 1. The number of nitrogens with zero attached hydrogens (tertiary/aromatic N) is 1. The number of carbonyl (C=O) groups excluding carboxylic acids is 1. The third kappa shape index (κ3) is 3.06. The Morgan fingerprint density at radius 2 is 2.11 bits per heavy atom. The molecule has 3 nitrogen and oxygen atoms in total. The van der Waals surface area contributed by atoms with Crippen LogP contribution < -0.4 is 0 Å². The van der Waals surface area contributed by atoms with Gasteiger partial charge in [0.1, 0.15) is 11.4 Å². The normalized spacial score (nSPS) is 19.0. The van der Waals surface area contributed by atoms with Crippen molar-refractivity contribution < 1.29 is 13.9 Å². The van der Waals surface area contributed by atoms with E-state index < -0.39 is 5.60 Å². The summed E-state index contributed by atoms with van der Waals surface area (Å²) in [5.74, 6) is -0.267. The fourth-order valence-electron chi connectivity index (χ4n) is 2.35. The van der Waals surface area contributed by atoms with E-state index in [-0.39, 0.29) is 18.0 Å². The Hall–Kier alpha value is -1.58. The van der Waals surface area contributed by atoms with Gasteiger partial charge in [0.2, 0.25) is 0 Å². The van der Waals surface area contributed by atoms with Gasteiger partial charge in [-0.3, -0.25) is 0 Å². The van der Waals surface area contributed by atoms with Gasteiger partial charge in [0.15, 0.2) is 0 Å². The van der Waals surface area contributed by atoms with Crippen LogP contribution in [0.25, 0.3) is 0 Å². The molecule has 0 fully saturated rings. The lowest BCUT2D eigenvalue weighted by Crippen LogP contribution is -2.42. The molecule has 1 aliphatic rings. The predicted octanol–water partition coefficient (Wildman–Crippen LogP) is 3.68. The maximum absolute atomic E-state index is 13.3. The van der Waals surface area contributed by atoms with Crippen LogP contribution in [0.15, 0.2) is 18.2 Å². The largest absolute Gasteiger partial charge is 0.444 e. The number of ether oxygens (including phenoxy) is 1. The molecule has 0 radical (unpaired) electrons. The highest BCUT2D eigenvalue weighted by atomic mass is 19.1. The molecule has 0 saturated heterocycles. The Bertz CT molecular complexity index is 493. The molecule has 1 amide bonds. The average molecular weight is 265 g/mol. The van der Waals surface area contributed by atoms with E-state index in [0.29, 0.717) is 6.54 Å². The Balaban J connectivity index is 2.21. The van der Waals surface area contributed by atoms with Crippen LogP contribution in [0.4, 0.5) is 9.18 Å². The van der Waals surface area contributed by atoms with Gasteiger partial charge in [0.05, 0.1) is 6.04 Å². The first-order valence-electron chi connectivity index (χ1n) is 6.56.